The zero-order valence-corrected chi connectivity index (χ0v) is 15.9. The molecule has 2 aromatic carbocycles. The fraction of sp³-hybridized carbons (Fsp3) is 0.364. The van der Waals surface area contributed by atoms with E-state index in [1.165, 1.54) is 6.07 Å². The summed E-state index contributed by atoms with van der Waals surface area (Å²) in [5, 5.41) is 2.88. The normalized spacial score (nSPS) is 16.3. The molecule has 0 aliphatic carbocycles. The third-order valence-corrected chi connectivity index (χ3v) is 4.92. The molecule has 0 radical (unpaired) electrons. The van der Waals surface area contributed by atoms with Gasteiger partial charge >= 0.3 is 0 Å². The molecule has 3 rings (SSSR count). The van der Waals surface area contributed by atoms with E-state index in [0.717, 1.165) is 5.56 Å². The van der Waals surface area contributed by atoms with Gasteiger partial charge in [0.1, 0.15) is 11.9 Å². The van der Waals surface area contributed by atoms with Gasteiger partial charge in [0, 0.05) is 19.0 Å². The minimum absolute atomic E-state index is 0.152. The quantitative estimate of drug-likeness (QED) is 0.833. The van der Waals surface area contributed by atoms with Crippen LogP contribution in [0.25, 0.3) is 0 Å². The molecule has 1 N–H and O–H groups in total. The van der Waals surface area contributed by atoms with Crippen LogP contribution in [-0.2, 0) is 20.7 Å². The number of hydrogen-bond acceptors (Lipinski definition) is 3. The number of rotatable bonds is 6. The molecule has 0 aromatic heterocycles. The molecule has 1 unspecified atom stereocenters. The van der Waals surface area contributed by atoms with E-state index in [-0.39, 0.29) is 24.1 Å². The molecule has 0 saturated carbocycles. The van der Waals surface area contributed by atoms with Crippen LogP contribution >= 0.6 is 0 Å². The van der Waals surface area contributed by atoms with Crippen LogP contribution in [0.15, 0.2) is 54.6 Å². The number of halogens is 1. The van der Waals surface area contributed by atoms with Crippen molar-refractivity contribution in [3.05, 3.63) is 71.5 Å². The number of ether oxygens (including phenoxy) is 1. The molecular weight excluding hydrogens is 359 g/mol. The first kappa shape index (κ1) is 20.0. The lowest BCUT2D eigenvalue weighted by atomic mass is 9.98. The Morgan fingerprint density at radius 1 is 1.07 bits per heavy atom. The van der Waals surface area contributed by atoms with Crippen LogP contribution in [0.5, 0.6) is 0 Å². The van der Waals surface area contributed by atoms with Crippen molar-refractivity contribution in [3.8, 4) is 0 Å². The molecule has 28 heavy (non-hydrogen) atoms. The molecule has 2 atom stereocenters. The second kappa shape index (κ2) is 9.46. The van der Waals surface area contributed by atoms with Crippen molar-refractivity contribution < 1.29 is 18.7 Å². The number of nitrogens with zero attached hydrogens (tertiary/aromatic N) is 1. The molecule has 1 aliphatic rings. The molecule has 2 amide bonds. The van der Waals surface area contributed by atoms with Crippen molar-refractivity contribution >= 4 is 11.8 Å². The summed E-state index contributed by atoms with van der Waals surface area (Å²) < 4.78 is 19.2. The highest BCUT2D eigenvalue weighted by atomic mass is 19.1. The maximum Gasteiger partial charge on any atom is 0.249 e. The van der Waals surface area contributed by atoms with Crippen LogP contribution in [0, 0.1) is 11.7 Å². The van der Waals surface area contributed by atoms with Crippen molar-refractivity contribution in [2.75, 3.05) is 26.3 Å². The highest BCUT2D eigenvalue weighted by Crippen LogP contribution is 2.19. The molecule has 1 saturated heterocycles. The second-order valence-corrected chi connectivity index (χ2v) is 6.99. The highest BCUT2D eigenvalue weighted by Gasteiger charge is 2.30. The third kappa shape index (κ3) is 4.95. The highest BCUT2D eigenvalue weighted by molar-refractivity contribution is 5.89. The molecule has 5 nitrogen and oxygen atoms in total. The van der Waals surface area contributed by atoms with Crippen LogP contribution in [-0.4, -0.2) is 43.0 Å². The van der Waals surface area contributed by atoms with Gasteiger partial charge in [-0.15, -0.1) is 0 Å². The summed E-state index contributed by atoms with van der Waals surface area (Å²) in [5.41, 5.74) is 1.21. The largest absolute Gasteiger partial charge is 0.378 e. The number of amides is 2. The van der Waals surface area contributed by atoms with Gasteiger partial charge in [0.25, 0.3) is 0 Å². The van der Waals surface area contributed by atoms with Crippen LogP contribution in [0.4, 0.5) is 4.39 Å². The fourth-order valence-corrected chi connectivity index (χ4v) is 3.27. The standard InChI is InChI=1S/C22H25FN2O3/c1-16(15-18-9-5-6-10-19(18)23)21(26)24-20(17-7-3-2-4-8-17)22(27)25-11-13-28-14-12-25/h2-10,16,20H,11-15H2,1H3,(H,24,26)/t16?,20-/m0/s1. The molecule has 1 heterocycles. The summed E-state index contributed by atoms with van der Waals surface area (Å²) in [6.45, 7) is 3.73. The van der Waals surface area contributed by atoms with Gasteiger partial charge in [-0.3, -0.25) is 9.59 Å². The first-order valence-corrected chi connectivity index (χ1v) is 9.51. The smallest absolute Gasteiger partial charge is 0.249 e. The predicted octanol–water partition coefficient (Wildman–Crippen LogP) is 2.72. The summed E-state index contributed by atoms with van der Waals surface area (Å²) in [5.74, 6) is -1.23. The van der Waals surface area contributed by atoms with E-state index in [1.807, 2.05) is 30.3 Å². The van der Waals surface area contributed by atoms with Crippen LogP contribution in [0.3, 0.4) is 0 Å². The Hall–Kier alpha value is -2.73. The molecule has 0 spiro atoms. The lowest BCUT2D eigenvalue weighted by Crippen LogP contribution is -2.48. The number of carbonyl (C=O) groups excluding carboxylic acids is 2. The number of morpholine rings is 1. The van der Waals surface area contributed by atoms with Crippen molar-refractivity contribution in [2.45, 2.75) is 19.4 Å². The molecular formula is C22H25FN2O3. The third-order valence-electron chi connectivity index (χ3n) is 4.92. The van der Waals surface area contributed by atoms with E-state index in [2.05, 4.69) is 5.32 Å². The Balaban J connectivity index is 1.74. The lowest BCUT2D eigenvalue weighted by molar-refractivity contribution is -0.140. The average molecular weight is 384 g/mol. The summed E-state index contributed by atoms with van der Waals surface area (Å²) in [6.07, 6.45) is 0.270. The minimum atomic E-state index is -0.769. The fourth-order valence-electron chi connectivity index (χ4n) is 3.27. The van der Waals surface area contributed by atoms with Crippen LogP contribution < -0.4 is 5.32 Å². The van der Waals surface area contributed by atoms with E-state index < -0.39 is 12.0 Å². The number of nitrogens with one attached hydrogen (secondary N) is 1. The monoisotopic (exact) mass is 384 g/mol. The molecule has 1 fully saturated rings. The van der Waals surface area contributed by atoms with Gasteiger partial charge in [-0.2, -0.15) is 0 Å². The minimum Gasteiger partial charge on any atom is -0.378 e. The molecule has 6 heteroatoms. The predicted molar refractivity (Wildman–Crippen MR) is 104 cm³/mol. The Kier molecular flexibility index (Phi) is 6.76. The summed E-state index contributed by atoms with van der Waals surface area (Å²) >= 11 is 0. The van der Waals surface area contributed by atoms with Gasteiger partial charge in [-0.05, 0) is 23.6 Å². The van der Waals surface area contributed by atoms with Crippen molar-refractivity contribution in [2.24, 2.45) is 5.92 Å². The number of carbonyl (C=O) groups is 2. The van der Waals surface area contributed by atoms with Gasteiger partial charge in [-0.25, -0.2) is 4.39 Å². The zero-order chi connectivity index (χ0) is 19.9. The van der Waals surface area contributed by atoms with Gasteiger partial charge < -0.3 is 15.0 Å². The van der Waals surface area contributed by atoms with E-state index >= 15 is 0 Å². The Morgan fingerprint density at radius 3 is 2.39 bits per heavy atom. The van der Waals surface area contributed by atoms with Crippen molar-refractivity contribution in [3.63, 3.8) is 0 Å². The summed E-state index contributed by atoms with van der Waals surface area (Å²) in [6, 6.07) is 14.8. The zero-order valence-electron chi connectivity index (χ0n) is 15.9. The topological polar surface area (TPSA) is 58.6 Å². The summed E-state index contributed by atoms with van der Waals surface area (Å²) in [7, 11) is 0. The van der Waals surface area contributed by atoms with Crippen LogP contribution in [0.1, 0.15) is 24.1 Å². The molecule has 0 bridgehead atoms. The van der Waals surface area contributed by atoms with Crippen molar-refractivity contribution in [1.29, 1.82) is 0 Å². The maximum atomic E-state index is 13.9. The van der Waals surface area contributed by atoms with Crippen molar-refractivity contribution in [1.82, 2.24) is 10.2 Å². The number of benzene rings is 2. The lowest BCUT2D eigenvalue weighted by Gasteiger charge is -2.31. The van der Waals surface area contributed by atoms with Gasteiger partial charge in [0.2, 0.25) is 11.8 Å². The first-order valence-electron chi connectivity index (χ1n) is 9.51. The van der Waals surface area contributed by atoms with E-state index in [4.69, 9.17) is 4.74 Å². The number of hydrogen-bond donors (Lipinski definition) is 1. The van der Waals surface area contributed by atoms with Crippen LogP contribution in [0.2, 0.25) is 0 Å². The Labute approximate surface area is 164 Å². The van der Waals surface area contributed by atoms with E-state index in [1.54, 1.807) is 30.0 Å². The van der Waals surface area contributed by atoms with Gasteiger partial charge in [0.15, 0.2) is 0 Å². The van der Waals surface area contributed by atoms with E-state index in [9.17, 15) is 14.0 Å². The SMILES string of the molecule is CC(Cc1ccccc1F)C(=O)N[C@H](C(=O)N1CCOCC1)c1ccccc1. The molecule has 2 aromatic rings. The first-order chi connectivity index (χ1) is 13.6. The van der Waals surface area contributed by atoms with E-state index in [0.29, 0.717) is 31.9 Å². The molecule has 1 aliphatic heterocycles. The molecule has 148 valence electrons. The Morgan fingerprint density at radius 2 is 1.71 bits per heavy atom. The Bertz CT molecular complexity index is 806. The maximum absolute atomic E-state index is 13.9. The van der Waals surface area contributed by atoms with Gasteiger partial charge in [-0.1, -0.05) is 55.5 Å². The average Bonchev–Trinajstić information content (AvgIpc) is 2.74. The van der Waals surface area contributed by atoms with Gasteiger partial charge in [0.05, 0.1) is 13.2 Å². The second-order valence-electron chi connectivity index (χ2n) is 6.99. The summed E-state index contributed by atoms with van der Waals surface area (Å²) in [4.78, 5) is 27.6.